The van der Waals surface area contributed by atoms with Crippen molar-refractivity contribution in [2.45, 2.75) is 6.92 Å². The summed E-state index contributed by atoms with van der Waals surface area (Å²) in [5, 5.41) is 16.3. The second kappa shape index (κ2) is 5.42. The molecule has 0 atom stereocenters. The smallest absolute Gasteiger partial charge is 0.275 e. The summed E-state index contributed by atoms with van der Waals surface area (Å²) in [5.74, 6) is -0.283. The van der Waals surface area contributed by atoms with Crippen LogP contribution >= 0.6 is 11.3 Å². The first-order chi connectivity index (χ1) is 8.72. The number of hydrogen-bond acceptors (Lipinski definition) is 5. The lowest BCUT2D eigenvalue weighted by atomic mass is 10.1. The van der Waals surface area contributed by atoms with Gasteiger partial charge in [-0.1, -0.05) is 23.4 Å². The Bertz CT molecular complexity index is 579. The van der Waals surface area contributed by atoms with Gasteiger partial charge in [0, 0.05) is 10.9 Å². The molecule has 5 nitrogen and oxygen atoms in total. The fraction of sp³-hybridized carbons (Fsp3) is 0.0833. The number of carbonyl (C=O) groups is 1. The highest BCUT2D eigenvalue weighted by Crippen LogP contribution is 2.17. The van der Waals surface area contributed by atoms with Gasteiger partial charge in [-0.25, -0.2) is 4.98 Å². The molecule has 0 aliphatic carbocycles. The molecule has 2 rings (SSSR count). The molecule has 92 valence electrons. The lowest BCUT2D eigenvalue weighted by Crippen LogP contribution is -2.14. The lowest BCUT2D eigenvalue weighted by Gasteiger charge is -2.08. The molecule has 0 saturated carbocycles. The van der Waals surface area contributed by atoms with Gasteiger partial charge < -0.3 is 10.5 Å². The van der Waals surface area contributed by atoms with Crippen LogP contribution in [0.4, 0.5) is 5.69 Å². The van der Waals surface area contributed by atoms with E-state index in [1.54, 1.807) is 36.0 Å². The average Bonchev–Trinajstić information content (AvgIpc) is 2.92. The number of aromatic nitrogens is 1. The molecule has 1 aromatic carbocycles. The maximum atomic E-state index is 11.9. The molecule has 1 aromatic heterocycles. The predicted molar refractivity (Wildman–Crippen MR) is 70.5 cm³/mol. The maximum absolute atomic E-state index is 11.9. The number of anilines is 1. The summed E-state index contributed by atoms with van der Waals surface area (Å²) in [6.07, 6.45) is 0. The van der Waals surface area contributed by atoms with Crippen molar-refractivity contribution in [2.24, 2.45) is 5.16 Å². The summed E-state index contributed by atoms with van der Waals surface area (Å²) in [7, 11) is 0. The molecule has 0 bridgehead atoms. The Morgan fingerprint density at radius 1 is 1.44 bits per heavy atom. The van der Waals surface area contributed by atoms with E-state index in [1.807, 2.05) is 6.07 Å². The maximum Gasteiger partial charge on any atom is 0.275 e. The van der Waals surface area contributed by atoms with Crippen molar-refractivity contribution in [1.29, 1.82) is 0 Å². The van der Waals surface area contributed by atoms with Gasteiger partial charge in [0.1, 0.15) is 5.69 Å². The lowest BCUT2D eigenvalue weighted by molar-refractivity contribution is 0.102. The van der Waals surface area contributed by atoms with E-state index in [4.69, 9.17) is 5.21 Å². The van der Waals surface area contributed by atoms with Gasteiger partial charge in [-0.15, -0.1) is 11.3 Å². The van der Waals surface area contributed by atoms with Gasteiger partial charge in [-0.2, -0.15) is 0 Å². The fourth-order valence-corrected chi connectivity index (χ4v) is 2.00. The van der Waals surface area contributed by atoms with E-state index in [0.29, 0.717) is 22.7 Å². The Kier molecular flexibility index (Phi) is 3.69. The SMILES string of the molecule is CC(=NO)c1ccccc1NC(=O)c1cscn1. The summed E-state index contributed by atoms with van der Waals surface area (Å²) in [6.45, 7) is 1.66. The quantitative estimate of drug-likeness (QED) is 0.506. The number of benzene rings is 1. The van der Waals surface area contributed by atoms with Crippen molar-refractivity contribution in [3.63, 3.8) is 0 Å². The number of oxime groups is 1. The van der Waals surface area contributed by atoms with E-state index >= 15 is 0 Å². The van der Waals surface area contributed by atoms with Crippen LogP contribution < -0.4 is 5.32 Å². The molecule has 18 heavy (non-hydrogen) atoms. The Labute approximate surface area is 108 Å². The Morgan fingerprint density at radius 3 is 2.89 bits per heavy atom. The molecular formula is C12H11N3O2S. The van der Waals surface area contributed by atoms with E-state index in [-0.39, 0.29) is 5.91 Å². The van der Waals surface area contributed by atoms with Crippen LogP contribution in [0.5, 0.6) is 0 Å². The fourth-order valence-electron chi connectivity index (χ4n) is 1.47. The molecule has 2 N–H and O–H groups in total. The zero-order valence-electron chi connectivity index (χ0n) is 9.62. The van der Waals surface area contributed by atoms with E-state index in [2.05, 4.69) is 15.5 Å². The zero-order chi connectivity index (χ0) is 13.0. The molecule has 6 heteroatoms. The normalized spacial score (nSPS) is 11.3. The summed E-state index contributed by atoms with van der Waals surface area (Å²) in [6, 6.07) is 7.12. The Balaban J connectivity index is 2.27. The van der Waals surface area contributed by atoms with Crippen LogP contribution in [0.15, 0.2) is 40.3 Å². The van der Waals surface area contributed by atoms with Crippen molar-refractivity contribution in [2.75, 3.05) is 5.32 Å². The van der Waals surface area contributed by atoms with Gasteiger partial charge in [-0.3, -0.25) is 4.79 Å². The van der Waals surface area contributed by atoms with Crippen LogP contribution in [0.1, 0.15) is 23.0 Å². The molecule has 0 fully saturated rings. The number of amides is 1. The molecule has 1 amide bonds. The zero-order valence-corrected chi connectivity index (χ0v) is 10.4. The monoisotopic (exact) mass is 261 g/mol. The minimum atomic E-state index is -0.283. The van der Waals surface area contributed by atoms with Gasteiger partial charge in [0.05, 0.1) is 16.9 Å². The third-order valence-corrected chi connectivity index (χ3v) is 2.97. The highest BCUT2D eigenvalue weighted by atomic mass is 32.1. The van der Waals surface area contributed by atoms with Crippen molar-refractivity contribution < 1.29 is 10.0 Å². The predicted octanol–water partition coefficient (Wildman–Crippen LogP) is 2.59. The van der Waals surface area contributed by atoms with Crippen LogP contribution in [0.25, 0.3) is 0 Å². The van der Waals surface area contributed by atoms with E-state index < -0.39 is 0 Å². The van der Waals surface area contributed by atoms with Gasteiger partial charge in [0.2, 0.25) is 0 Å². The largest absolute Gasteiger partial charge is 0.411 e. The van der Waals surface area contributed by atoms with E-state index in [0.717, 1.165) is 0 Å². The van der Waals surface area contributed by atoms with Gasteiger partial charge in [0.15, 0.2) is 0 Å². The summed E-state index contributed by atoms with van der Waals surface area (Å²) in [4.78, 5) is 15.8. The van der Waals surface area contributed by atoms with Crippen molar-refractivity contribution in [3.8, 4) is 0 Å². The summed E-state index contributed by atoms with van der Waals surface area (Å²) in [5.41, 5.74) is 3.66. The summed E-state index contributed by atoms with van der Waals surface area (Å²) < 4.78 is 0. The second-order valence-electron chi connectivity index (χ2n) is 3.56. The molecule has 0 saturated heterocycles. The molecular weight excluding hydrogens is 250 g/mol. The van der Waals surface area contributed by atoms with Crippen molar-refractivity contribution >= 4 is 28.6 Å². The molecule has 1 heterocycles. The van der Waals surface area contributed by atoms with Crippen LogP contribution in [0.3, 0.4) is 0 Å². The molecule has 0 unspecified atom stereocenters. The highest BCUT2D eigenvalue weighted by Gasteiger charge is 2.11. The number of nitrogens with zero attached hydrogens (tertiary/aromatic N) is 2. The van der Waals surface area contributed by atoms with Gasteiger partial charge >= 0.3 is 0 Å². The second-order valence-corrected chi connectivity index (χ2v) is 4.28. The highest BCUT2D eigenvalue weighted by molar-refractivity contribution is 7.07. The number of nitrogens with one attached hydrogen (secondary N) is 1. The Hall–Kier alpha value is -2.21. The molecule has 0 spiro atoms. The standard InChI is InChI=1S/C12H11N3O2S/c1-8(15-17)9-4-2-3-5-10(9)14-12(16)11-6-18-7-13-11/h2-7,17H,1H3,(H,14,16). The van der Waals surface area contributed by atoms with Crippen LogP contribution in [0, 0.1) is 0 Å². The number of carbonyl (C=O) groups excluding carboxylic acids is 1. The van der Waals surface area contributed by atoms with E-state index in [1.165, 1.54) is 11.3 Å². The Morgan fingerprint density at radius 2 is 2.22 bits per heavy atom. The van der Waals surface area contributed by atoms with Crippen LogP contribution in [-0.2, 0) is 0 Å². The topological polar surface area (TPSA) is 74.6 Å². The number of hydrogen-bond donors (Lipinski definition) is 2. The van der Waals surface area contributed by atoms with E-state index in [9.17, 15) is 4.79 Å². The first kappa shape index (κ1) is 12.3. The first-order valence-electron chi connectivity index (χ1n) is 5.20. The summed E-state index contributed by atoms with van der Waals surface area (Å²) >= 11 is 1.36. The van der Waals surface area contributed by atoms with Crippen LogP contribution in [-0.4, -0.2) is 21.8 Å². The molecule has 2 aromatic rings. The van der Waals surface area contributed by atoms with Gasteiger partial charge in [-0.05, 0) is 13.0 Å². The first-order valence-corrected chi connectivity index (χ1v) is 6.14. The molecule has 0 radical (unpaired) electrons. The minimum absolute atomic E-state index is 0.283. The third-order valence-electron chi connectivity index (χ3n) is 2.38. The average molecular weight is 261 g/mol. The number of para-hydroxylation sites is 1. The molecule has 0 aliphatic heterocycles. The van der Waals surface area contributed by atoms with Crippen LogP contribution in [0.2, 0.25) is 0 Å². The van der Waals surface area contributed by atoms with Gasteiger partial charge in [0.25, 0.3) is 5.91 Å². The number of rotatable bonds is 3. The van der Waals surface area contributed by atoms with Crippen molar-refractivity contribution in [3.05, 3.63) is 46.4 Å². The number of thiazole rings is 1. The molecule has 0 aliphatic rings. The minimum Gasteiger partial charge on any atom is -0.411 e. The van der Waals surface area contributed by atoms with Crippen molar-refractivity contribution in [1.82, 2.24) is 4.98 Å². The third kappa shape index (κ3) is 2.54.